The van der Waals surface area contributed by atoms with Crippen molar-refractivity contribution in [3.05, 3.63) is 63.4 Å². The average molecular weight is 325 g/mol. The van der Waals surface area contributed by atoms with Crippen molar-refractivity contribution in [1.82, 2.24) is 0 Å². The Labute approximate surface area is 120 Å². The van der Waals surface area contributed by atoms with Crippen LogP contribution in [0.15, 0.2) is 40.9 Å². The molecule has 4 heteroatoms. The van der Waals surface area contributed by atoms with Gasteiger partial charge in [-0.1, -0.05) is 40.2 Å². The van der Waals surface area contributed by atoms with Crippen LogP contribution in [0.2, 0.25) is 0 Å². The predicted molar refractivity (Wildman–Crippen MR) is 75.9 cm³/mol. The summed E-state index contributed by atoms with van der Waals surface area (Å²) in [6, 6.07) is 10.5. The lowest BCUT2D eigenvalue weighted by Crippen LogP contribution is -2.06. The van der Waals surface area contributed by atoms with Crippen LogP contribution >= 0.6 is 15.9 Å². The van der Waals surface area contributed by atoms with Gasteiger partial charge in [0.1, 0.15) is 6.10 Å². The molecule has 0 aliphatic rings. The molecule has 19 heavy (non-hydrogen) atoms. The van der Waals surface area contributed by atoms with Crippen LogP contribution in [0, 0.1) is 12.7 Å². The highest BCUT2D eigenvalue weighted by molar-refractivity contribution is 9.10. The number of aliphatic hydroxyl groups is 1. The first kappa shape index (κ1) is 14.0. The topological polar surface area (TPSA) is 29.5 Å². The van der Waals surface area contributed by atoms with Gasteiger partial charge in [0.2, 0.25) is 0 Å². The van der Waals surface area contributed by atoms with Gasteiger partial charge in [0, 0.05) is 10.0 Å². The number of hydrogen-bond acceptors (Lipinski definition) is 2. The van der Waals surface area contributed by atoms with Crippen LogP contribution < -0.4 is 4.74 Å². The number of halogens is 2. The van der Waals surface area contributed by atoms with Gasteiger partial charge in [-0.3, -0.25) is 0 Å². The standard InChI is InChI=1S/C15H14BrFO2/c1-9-5-3-4-6-10(9)15(18)13-11(16)7-8-12(19-2)14(13)17/h3-8,15,18H,1-2H3. The lowest BCUT2D eigenvalue weighted by Gasteiger charge is -2.17. The molecule has 0 aliphatic carbocycles. The molecule has 0 aliphatic heterocycles. The Balaban J connectivity index is 2.56. The molecular weight excluding hydrogens is 311 g/mol. The summed E-state index contributed by atoms with van der Waals surface area (Å²) >= 11 is 3.28. The Bertz CT molecular complexity index is 599. The van der Waals surface area contributed by atoms with Gasteiger partial charge in [0.25, 0.3) is 0 Å². The summed E-state index contributed by atoms with van der Waals surface area (Å²) in [5, 5.41) is 10.4. The summed E-state index contributed by atoms with van der Waals surface area (Å²) in [5.41, 5.74) is 1.77. The zero-order valence-corrected chi connectivity index (χ0v) is 12.2. The largest absolute Gasteiger partial charge is 0.494 e. The van der Waals surface area contributed by atoms with Crippen LogP contribution in [0.1, 0.15) is 22.8 Å². The molecule has 100 valence electrons. The van der Waals surface area contributed by atoms with Gasteiger partial charge in [-0.15, -0.1) is 0 Å². The number of benzene rings is 2. The van der Waals surface area contributed by atoms with Crippen LogP contribution in [-0.4, -0.2) is 12.2 Å². The number of aliphatic hydroxyl groups excluding tert-OH is 1. The van der Waals surface area contributed by atoms with E-state index in [4.69, 9.17) is 4.74 Å². The van der Waals surface area contributed by atoms with E-state index in [1.807, 2.05) is 25.1 Å². The number of aryl methyl sites for hydroxylation is 1. The lowest BCUT2D eigenvalue weighted by molar-refractivity contribution is 0.211. The van der Waals surface area contributed by atoms with Gasteiger partial charge >= 0.3 is 0 Å². The first-order valence-electron chi connectivity index (χ1n) is 5.81. The van der Waals surface area contributed by atoms with E-state index in [-0.39, 0.29) is 11.3 Å². The molecule has 0 saturated carbocycles. The van der Waals surface area contributed by atoms with Crippen molar-refractivity contribution < 1.29 is 14.2 Å². The second-order valence-corrected chi connectivity index (χ2v) is 5.09. The fraction of sp³-hybridized carbons (Fsp3) is 0.200. The molecule has 0 radical (unpaired) electrons. The predicted octanol–water partition coefficient (Wildman–Crippen LogP) is 3.99. The van der Waals surface area contributed by atoms with Crippen molar-refractivity contribution in [3.8, 4) is 5.75 Å². The molecule has 1 unspecified atom stereocenters. The van der Waals surface area contributed by atoms with E-state index in [1.165, 1.54) is 13.2 Å². The number of hydrogen-bond donors (Lipinski definition) is 1. The summed E-state index contributed by atoms with van der Waals surface area (Å²) in [4.78, 5) is 0. The van der Waals surface area contributed by atoms with Crippen LogP contribution in [0.5, 0.6) is 5.75 Å². The summed E-state index contributed by atoms with van der Waals surface area (Å²) < 4.78 is 19.8. The van der Waals surface area contributed by atoms with Crippen LogP contribution in [-0.2, 0) is 0 Å². The third kappa shape index (κ3) is 2.65. The quantitative estimate of drug-likeness (QED) is 0.925. The van der Waals surface area contributed by atoms with Gasteiger partial charge in [0.15, 0.2) is 11.6 Å². The average Bonchev–Trinajstić information content (AvgIpc) is 2.39. The summed E-state index contributed by atoms with van der Waals surface area (Å²) in [6.07, 6.45) is -1.04. The first-order valence-corrected chi connectivity index (χ1v) is 6.61. The van der Waals surface area contributed by atoms with Gasteiger partial charge < -0.3 is 9.84 Å². The van der Waals surface area contributed by atoms with E-state index >= 15 is 0 Å². The minimum absolute atomic E-state index is 0.117. The minimum atomic E-state index is -1.04. The highest BCUT2D eigenvalue weighted by Crippen LogP contribution is 2.35. The molecule has 0 spiro atoms. The highest BCUT2D eigenvalue weighted by atomic mass is 79.9. The molecule has 2 rings (SSSR count). The molecule has 0 bridgehead atoms. The normalized spacial score (nSPS) is 12.3. The molecule has 0 heterocycles. The van der Waals surface area contributed by atoms with Crippen molar-refractivity contribution in [1.29, 1.82) is 0 Å². The fourth-order valence-corrected chi connectivity index (χ4v) is 2.53. The molecule has 1 N–H and O–H groups in total. The smallest absolute Gasteiger partial charge is 0.172 e. The van der Waals surface area contributed by atoms with Crippen LogP contribution in [0.4, 0.5) is 4.39 Å². The summed E-state index contributed by atoms with van der Waals surface area (Å²) in [5.74, 6) is -0.432. The maximum Gasteiger partial charge on any atom is 0.172 e. The lowest BCUT2D eigenvalue weighted by atomic mass is 9.97. The van der Waals surface area contributed by atoms with Gasteiger partial charge in [0.05, 0.1) is 7.11 Å². The summed E-state index contributed by atoms with van der Waals surface area (Å²) in [7, 11) is 1.40. The van der Waals surface area contributed by atoms with Crippen molar-refractivity contribution in [2.75, 3.05) is 7.11 Å². The molecular formula is C15H14BrFO2. The second-order valence-electron chi connectivity index (χ2n) is 4.24. The number of methoxy groups -OCH3 is 1. The Kier molecular flexibility index (Phi) is 4.22. The zero-order chi connectivity index (χ0) is 14.0. The van der Waals surface area contributed by atoms with Gasteiger partial charge in [-0.2, -0.15) is 0 Å². The highest BCUT2D eigenvalue weighted by Gasteiger charge is 2.22. The summed E-state index contributed by atoms with van der Waals surface area (Å²) in [6.45, 7) is 1.88. The molecule has 0 amide bonds. The second kappa shape index (κ2) is 5.72. The minimum Gasteiger partial charge on any atom is -0.494 e. The van der Waals surface area contributed by atoms with Gasteiger partial charge in [-0.25, -0.2) is 4.39 Å². The van der Waals surface area contributed by atoms with Crippen LogP contribution in [0.3, 0.4) is 0 Å². The van der Waals surface area contributed by atoms with Gasteiger partial charge in [-0.05, 0) is 30.2 Å². The molecule has 1 atom stereocenters. The Morgan fingerprint density at radius 2 is 1.89 bits per heavy atom. The van der Waals surface area contributed by atoms with Crippen molar-refractivity contribution >= 4 is 15.9 Å². The Morgan fingerprint density at radius 1 is 1.21 bits per heavy atom. The van der Waals surface area contributed by atoms with Crippen molar-refractivity contribution in [2.45, 2.75) is 13.0 Å². The zero-order valence-electron chi connectivity index (χ0n) is 10.7. The van der Waals surface area contributed by atoms with Crippen LogP contribution in [0.25, 0.3) is 0 Å². The Morgan fingerprint density at radius 3 is 2.53 bits per heavy atom. The number of rotatable bonds is 3. The van der Waals surface area contributed by atoms with Crippen molar-refractivity contribution in [3.63, 3.8) is 0 Å². The number of ether oxygens (including phenoxy) is 1. The molecule has 0 aromatic heterocycles. The maximum absolute atomic E-state index is 14.3. The van der Waals surface area contributed by atoms with E-state index in [0.717, 1.165) is 5.56 Å². The monoisotopic (exact) mass is 324 g/mol. The van der Waals surface area contributed by atoms with E-state index in [0.29, 0.717) is 10.0 Å². The first-order chi connectivity index (χ1) is 9.06. The van der Waals surface area contributed by atoms with E-state index in [9.17, 15) is 9.50 Å². The fourth-order valence-electron chi connectivity index (χ4n) is 2.01. The van der Waals surface area contributed by atoms with E-state index < -0.39 is 11.9 Å². The van der Waals surface area contributed by atoms with Crippen molar-refractivity contribution in [2.24, 2.45) is 0 Å². The van der Waals surface area contributed by atoms with E-state index in [1.54, 1.807) is 12.1 Å². The third-order valence-electron chi connectivity index (χ3n) is 3.07. The molecule has 0 fully saturated rings. The molecule has 2 aromatic carbocycles. The van der Waals surface area contributed by atoms with E-state index in [2.05, 4.69) is 15.9 Å². The maximum atomic E-state index is 14.3. The molecule has 0 saturated heterocycles. The Hall–Kier alpha value is -1.39. The molecule has 2 nitrogen and oxygen atoms in total. The third-order valence-corrected chi connectivity index (χ3v) is 3.76. The SMILES string of the molecule is COc1ccc(Br)c(C(O)c2ccccc2C)c1F. The molecule has 2 aromatic rings.